The van der Waals surface area contributed by atoms with E-state index in [1.807, 2.05) is 0 Å². The van der Waals surface area contributed by atoms with Gasteiger partial charge in [-0.05, 0) is 12.8 Å². The summed E-state index contributed by atoms with van der Waals surface area (Å²) in [6.45, 7) is -0.313. The molecule has 5 nitrogen and oxygen atoms in total. The van der Waals surface area contributed by atoms with Gasteiger partial charge in [0.05, 0.1) is 0 Å². The van der Waals surface area contributed by atoms with Crippen LogP contribution in [0.15, 0.2) is 0 Å². The van der Waals surface area contributed by atoms with E-state index in [1.165, 1.54) is 0 Å². The minimum atomic E-state index is -5.63. The monoisotopic (exact) mass is 311 g/mol. The Labute approximate surface area is 108 Å². The van der Waals surface area contributed by atoms with Gasteiger partial charge in [-0.25, -0.2) is 4.79 Å². The number of amides is 1. The summed E-state index contributed by atoms with van der Waals surface area (Å²) in [5, 5.41) is 9.16. The summed E-state index contributed by atoms with van der Waals surface area (Å²) in [6.07, 6.45) is -13.0. The van der Waals surface area contributed by atoms with Crippen molar-refractivity contribution in [1.29, 1.82) is 0 Å². The van der Waals surface area contributed by atoms with Crippen LogP contribution in [0, 0.1) is 0 Å². The molecule has 0 bridgehead atoms. The van der Waals surface area contributed by atoms with Gasteiger partial charge in [0, 0.05) is 13.7 Å². The van der Waals surface area contributed by atoms with E-state index in [0.717, 1.165) is 7.11 Å². The van der Waals surface area contributed by atoms with Crippen LogP contribution >= 0.6 is 0 Å². The molecule has 0 aromatic carbocycles. The van der Waals surface area contributed by atoms with Gasteiger partial charge >= 0.3 is 24.2 Å². The van der Waals surface area contributed by atoms with Crippen LogP contribution in [0.1, 0.15) is 12.8 Å². The fourth-order valence-corrected chi connectivity index (χ4v) is 1.30. The van der Waals surface area contributed by atoms with Crippen molar-refractivity contribution >= 4 is 11.9 Å². The zero-order chi connectivity index (χ0) is 16.2. The number of nitrogens with one attached hydrogen (secondary N) is 1. The number of carbonyl (C=O) groups excluding carboxylic acids is 1. The van der Waals surface area contributed by atoms with Crippen LogP contribution in [-0.2, 0) is 14.3 Å². The minimum absolute atomic E-state index is 0.313. The number of hydrogen-bond donors (Lipinski definition) is 2. The Morgan fingerprint density at radius 1 is 1.15 bits per heavy atom. The highest BCUT2D eigenvalue weighted by Crippen LogP contribution is 2.35. The first-order valence-electron chi connectivity index (χ1n) is 5.07. The summed E-state index contributed by atoms with van der Waals surface area (Å²) in [7, 11) is 1.12. The lowest BCUT2D eigenvalue weighted by Crippen LogP contribution is -2.65. The van der Waals surface area contributed by atoms with Gasteiger partial charge in [-0.2, -0.15) is 26.3 Å². The Morgan fingerprint density at radius 2 is 1.65 bits per heavy atom. The number of carboxylic acid groups (broad SMARTS) is 1. The van der Waals surface area contributed by atoms with E-state index in [9.17, 15) is 35.9 Å². The first kappa shape index (κ1) is 18.5. The summed E-state index contributed by atoms with van der Waals surface area (Å²) in [6, 6.07) is 0. The Balaban J connectivity index is 5.42. The number of ether oxygens (including phenoxy) is 1. The van der Waals surface area contributed by atoms with Crippen molar-refractivity contribution in [3.8, 4) is 0 Å². The van der Waals surface area contributed by atoms with Crippen molar-refractivity contribution in [2.24, 2.45) is 0 Å². The maximum Gasteiger partial charge on any atom is 0.471 e. The Bertz CT molecular complexity index is 366. The summed E-state index contributed by atoms with van der Waals surface area (Å²) >= 11 is 0. The Hall–Kier alpha value is -1.52. The Kier molecular flexibility index (Phi) is 5.81. The largest absolute Gasteiger partial charge is 0.479 e. The van der Waals surface area contributed by atoms with E-state index in [1.54, 1.807) is 0 Å². The Morgan fingerprint density at radius 3 is 1.95 bits per heavy atom. The van der Waals surface area contributed by atoms with Gasteiger partial charge in [0.15, 0.2) is 0 Å². The van der Waals surface area contributed by atoms with E-state index < -0.39 is 42.6 Å². The molecule has 0 aliphatic rings. The van der Waals surface area contributed by atoms with Gasteiger partial charge in [-0.15, -0.1) is 0 Å². The van der Waals surface area contributed by atoms with Crippen LogP contribution in [-0.4, -0.2) is 48.6 Å². The zero-order valence-electron chi connectivity index (χ0n) is 10.1. The number of rotatable bonds is 6. The van der Waals surface area contributed by atoms with Crippen LogP contribution in [0.5, 0.6) is 0 Å². The molecule has 0 heterocycles. The molecule has 0 aromatic rings. The third kappa shape index (κ3) is 4.25. The number of carboxylic acids is 1. The third-order valence-electron chi connectivity index (χ3n) is 2.33. The van der Waals surface area contributed by atoms with Gasteiger partial charge in [0.2, 0.25) is 5.54 Å². The maximum absolute atomic E-state index is 12.8. The van der Waals surface area contributed by atoms with E-state index in [4.69, 9.17) is 5.11 Å². The van der Waals surface area contributed by atoms with Gasteiger partial charge in [0.1, 0.15) is 0 Å². The predicted octanol–water partition coefficient (Wildman–Crippen LogP) is 1.48. The smallest absolute Gasteiger partial charge is 0.471 e. The number of halogens is 6. The number of carbonyl (C=O) groups is 2. The molecule has 0 aliphatic heterocycles. The quantitative estimate of drug-likeness (QED) is 0.575. The van der Waals surface area contributed by atoms with Crippen LogP contribution in [0.3, 0.4) is 0 Å². The first-order valence-corrected chi connectivity index (χ1v) is 5.07. The maximum atomic E-state index is 12.8. The minimum Gasteiger partial charge on any atom is -0.479 e. The summed E-state index contributed by atoms with van der Waals surface area (Å²) in [5.74, 6) is -5.60. The summed E-state index contributed by atoms with van der Waals surface area (Å²) < 4.78 is 78.9. The average molecular weight is 311 g/mol. The van der Waals surface area contributed by atoms with E-state index in [-0.39, 0.29) is 6.61 Å². The molecule has 20 heavy (non-hydrogen) atoms. The number of methoxy groups -OCH3 is 1. The van der Waals surface area contributed by atoms with Crippen molar-refractivity contribution < 1.29 is 45.8 Å². The molecule has 1 unspecified atom stereocenters. The molecular formula is C9H11F6NO4. The van der Waals surface area contributed by atoms with Crippen molar-refractivity contribution in [2.45, 2.75) is 30.7 Å². The molecule has 11 heteroatoms. The number of hydrogen-bond acceptors (Lipinski definition) is 3. The van der Waals surface area contributed by atoms with Crippen molar-refractivity contribution in [1.82, 2.24) is 5.32 Å². The molecule has 0 rings (SSSR count). The normalized spacial score (nSPS) is 15.6. The predicted molar refractivity (Wildman–Crippen MR) is 51.7 cm³/mol. The molecule has 0 spiro atoms. The summed E-state index contributed by atoms with van der Waals surface area (Å²) in [5.41, 5.74) is -4.02. The molecule has 0 aromatic heterocycles. The van der Waals surface area contributed by atoms with Gasteiger partial charge in [-0.3, -0.25) is 4.79 Å². The molecule has 1 amide bonds. The topological polar surface area (TPSA) is 75.6 Å². The molecule has 0 saturated carbocycles. The number of alkyl halides is 6. The highest BCUT2D eigenvalue weighted by molar-refractivity contribution is 5.90. The standard InChI is InChI=1S/C9H11F6NO4/c1-20-4-2-3-7(6(18)19,9(13,14)15)16-5(17)8(10,11)12/h2-4H2,1H3,(H,16,17)(H,18,19). The molecular weight excluding hydrogens is 300 g/mol. The molecule has 1 atom stereocenters. The van der Waals surface area contributed by atoms with Crippen LogP contribution in [0.2, 0.25) is 0 Å². The molecule has 0 radical (unpaired) electrons. The summed E-state index contributed by atoms with van der Waals surface area (Å²) in [4.78, 5) is 21.4. The highest BCUT2D eigenvalue weighted by atomic mass is 19.4. The first-order chi connectivity index (χ1) is 8.88. The van der Waals surface area contributed by atoms with Gasteiger partial charge < -0.3 is 15.2 Å². The van der Waals surface area contributed by atoms with Crippen molar-refractivity contribution in [3.05, 3.63) is 0 Å². The second-order valence-corrected chi connectivity index (χ2v) is 3.76. The molecule has 0 fully saturated rings. The molecule has 0 saturated heterocycles. The fourth-order valence-electron chi connectivity index (χ4n) is 1.30. The number of aliphatic carboxylic acids is 1. The van der Waals surface area contributed by atoms with Crippen LogP contribution < -0.4 is 5.32 Å². The van der Waals surface area contributed by atoms with Crippen LogP contribution in [0.4, 0.5) is 26.3 Å². The SMILES string of the molecule is COCCCC(NC(=O)C(F)(F)F)(C(=O)O)C(F)(F)F. The van der Waals surface area contributed by atoms with E-state index in [0.29, 0.717) is 5.32 Å². The van der Waals surface area contributed by atoms with Gasteiger partial charge in [-0.1, -0.05) is 0 Å². The van der Waals surface area contributed by atoms with Crippen molar-refractivity contribution in [2.75, 3.05) is 13.7 Å². The molecule has 0 aliphatic carbocycles. The second-order valence-electron chi connectivity index (χ2n) is 3.76. The van der Waals surface area contributed by atoms with Crippen molar-refractivity contribution in [3.63, 3.8) is 0 Å². The van der Waals surface area contributed by atoms with E-state index >= 15 is 0 Å². The lowest BCUT2D eigenvalue weighted by atomic mass is 9.92. The van der Waals surface area contributed by atoms with Gasteiger partial charge in [0.25, 0.3) is 0 Å². The molecule has 2 N–H and O–H groups in total. The lowest BCUT2D eigenvalue weighted by molar-refractivity contribution is -0.220. The molecule has 118 valence electrons. The van der Waals surface area contributed by atoms with Crippen LogP contribution in [0.25, 0.3) is 0 Å². The van der Waals surface area contributed by atoms with E-state index in [2.05, 4.69) is 4.74 Å². The zero-order valence-corrected chi connectivity index (χ0v) is 10.1. The average Bonchev–Trinajstić information content (AvgIpc) is 2.24. The lowest BCUT2D eigenvalue weighted by Gasteiger charge is -2.32. The second kappa shape index (κ2) is 6.29. The fraction of sp³-hybridized carbons (Fsp3) is 0.778. The highest BCUT2D eigenvalue weighted by Gasteiger charge is 2.63. The third-order valence-corrected chi connectivity index (χ3v) is 2.33.